The lowest BCUT2D eigenvalue weighted by molar-refractivity contribution is 0.628. The fourth-order valence-corrected chi connectivity index (χ4v) is 2.02. The van der Waals surface area contributed by atoms with Gasteiger partial charge in [-0.15, -0.1) is 0 Å². The predicted molar refractivity (Wildman–Crippen MR) is 75.6 cm³/mol. The zero-order chi connectivity index (χ0) is 14.0. The number of hydrogen-bond acceptors (Lipinski definition) is 3. The van der Waals surface area contributed by atoms with Crippen LogP contribution in [0.4, 0.5) is 10.2 Å². The molecule has 0 fully saturated rings. The van der Waals surface area contributed by atoms with Gasteiger partial charge in [0.2, 0.25) is 0 Å². The number of nitrogen functional groups attached to an aromatic ring is 1. The Morgan fingerprint density at radius 2 is 2.05 bits per heavy atom. The van der Waals surface area contributed by atoms with E-state index in [4.69, 9.17) is 17.3 Å². The second kappa shape index (κ2) is 5.53. The Bertz CT molecular complexity index is 614. The SMILES string of the molecule is CCCc1nc(N)c(C)c(-c2ccc(F)c(Cl)c2)n1. The van der Waals surface area contributed by atoms with Crippen molar-refractivity contribution in [3.05, 3.63) is 40.4 Å². The number of halogens is 2. The van der Waals surface area contributed by atoms with Gasteiger partial charge in [-0.1, -0.05) is 18.5 Å². The quantitative estimate of drug-likeness (QED) is 0.930. The molecule has 0 bridgehead atoms. The Hall–Kier alpha value is -1.68. The molecule has 2 rings (SSSR count). The second-order valence-corrected chi connectivity index (χ2v) is 4.78. The number of nitrogens with zero attached hydrogens (tertiary/aromatic N) is 2. The number of rotatable bonds is 3. The van der Waals surface area contributed by atoms with E-state index in [1.54, 1.807) is 12.1 Å². The Kier molecular flexibility index (Phi) is 4.00. The summed E-state index contributed by atoms with van der Waals surface area (Å²) in [6.45, 7) is 3.89. The molecule has 5 heteroatoms. The molecule has 1 aromatic heterocycles. The molecule has 2 N–H and O–H groups in total. The smallest absolute Gasteiger partial charge is 0.141 e. The summed E-state index contributed by atoms with van der Waals surface area (Å²) in [5.74, 6) is 0.703. The van der Waals surface area contributed by atoms with Crippen molar-refractivity contribution in [3.63, 3.8) is 0 Å². The van der Waals surface area contributed by atoms with E-state index >= 15 is 0 Å². The van der Waals surface area contributed by atoms with Gasteiger partial charge in [0.15, 0.2) is 0 Å². The molecule has 0 aliphatic heterocycles. The summed E-state index contributed by atoms with van der Waals surface area (Å²) >= 11 is 5.81. The zero-order valence-electron chi connectivity index (χ0n) is 10.9. The zero-order valence-corrected chi connectivity index (χ0v) is 11.6. The number of anilines is 1. The average Bonchev–Trinajstić information content (AvgIpc) is 2.37. The van der Waals surface area contributed by atoms with Crippen LogP contribution in [0.15, 0.2) is 18.2 Å². The number of hydrogen-bond donors (Lipinski definition) is 1. The van der Waals surface area contributed by atoms with Crippen LogP contribution in [0, 0.1) is 12.7 Å². The minimum atomic E-state index is -0.445. The third-order valence-corrected chi connectivity index (χ3v) is 3.19. The molecule has 1 aromatic carbocycles. The van der Waals surface area contributed by atoms with Crippen molar-refractivity contribution < 1.29 is 4.39 Å². The van der Waals surface area contributed by atoms with Gasteiger partial charge in [-0.25, -0.2) is 14.4 Å². The molecule has 1 heterocycles. The van der Waals surface area contributed by atoms with Gasteiger partial charge >= 0.3 is 0 Å². The summed E-state index contributed by atoms with van der Waals surface area (Å²) in [6, 6.07) is 4.53. The lowest BCUT2D eigenvalue weighted by Gasteiger charge is -2.10. The lowest BCUT2D eigenvalue weighted by atomic mass is 10.1. The molecule has 19 heavy (non-hydrogen) atoms. The van der Waals surface area contributed by atoms with Gasteiger partial charge < -0.3 is 5.73 Å². The van der Waals surface area contributed by atoms with Crippen LogP contribution in [-0.4, -0.2) is 9.97 Å². The molecule has 0 saturated carbocycles. The van der Waals surface area contributed by atoms with Gasteiger partial charge in [-0.2, -0.15) is 0 Å². The Labute approximate surface area is 116 Å². The van der Waals surface area contributed by atoms with Crippen LogP contribution in [0.1, 0.15) is 24.7 Å². The van der Waals surface area contributed by atoms with Crippen molar-refractivity contribution >= 4 is 17.4 Å². The van der Waals surface area contributed by atoms with Gasteiger partial charge in [0.1, 0.15) is 17.5 Å². The van der Waals surface area contributed by atoms with Gasteiger partial charge in [-0.3, -0.25) is 0 Å². The van der Waals surface area contributed by atoms with E-state index in [1.165, 1.54) is 6.07 Å². The predicted octanol–water partition coefficient (Wildman–Crippen LogP) is 3.78. The minimum absolute atomic E-state index is 0.0751. The largest absolute Gasteiger partial charge is 0.383 e. The normalized spacial score (nSPS) is 10.7. The molecule has 0 unspecified atom stereocenters. The number of aromatic nitrogens is 2. The molecule has 3 nitrogen and oxygen atoms in total. The van der Waals surface area contributed by atoms with Gasteiger partial charge in [0, 0.05) is 17.5 Å². The van der Waals surface area contributed by atoms with Crippen molar-refractivity contribution in [2.24, 2.45) is 0 Å². The summed E-state index contributed by atoms with van der Waals surface area (Å²) in [5.41, 5.74) is 8.13. The fraction of sp³-hybridized carbons (Fsp3) is 0.286. The highest BCUT2D eigenvalue weighted by atomic mass is 35.5. The van der Waals surface area contributed by atoms with E-state index in [9.17, 15) is 4.39 Å². The van der Waals surface area contributed by atoms with Crippen molar-refractivity contribution in [3.8, 4) is 11.3 Å². The Morgan fingerprint density at radius 3 is 2.68 bits per heavy atom. The molecule has 100 valence electrons. The summed E-state index contributed by atoms with van der Waals surface area (Å²) in [6.07, 6.45) is 1.69. The topological polar surface area (TPSA) is 51.8 Å². The summed E-state index contributed by atoms with van der Waals surface area (Å²) < 4.78 is 13.2. The van der Waals surface area contributed by atoms with Gasteiger partial charge in [-0.05, 0) is 31.5 Å². The molecule has 0 spiro atoms. The third kappa shape index (κ3) is 2.84. The molecule has 2 aromatic rings. The van der Waals surface area contributed by atoms with E-state index in [1.807, 2.05) is 13.8 Å². The highest BCUT2D eigenvalue weighted by molar-refractivity contribution is 6.31. The first kappa shape index (κ1) is 13.7. The van der Waals surface area contributed by atoms with Crippen molar-refractivity contribution in [2.45, 2.75) is 26.7 Å². The minimum Gasteiger partial charge on any atom is -0.383 e. The Balaban J connectivity index is 2.56. The highest BCUT2D eigenvalue weighted by Crippen LogP contribution is 2.28. The summed E-state index contributed by atoms with van der Waals surface area (Å²) in [5, 5.41) is 0.0751. The molecule has 0 aliphatic rings. The molecular formula is C14H15ClFN3. The van der Waals surface area contributed by atoms with E-state index in [0.29, 0.717) is 17.3 Å². The number of nitrogens with two attached hydrogens (primary N) is 1. The maximum absolute atomic E-state index is 13.2. The third-order valence-electron chi connectivity index (χ3n) is 2.90. The molecule has 0 amide bonds. The average molecular weight is 280 g/mol. The number of benzene rings is 1. The van der Waals surface area contributed by atoms with E-state index in [2.05, 4.69) is 9.97 Å². The lowest BCUT2D eigenvalue weighted by Crippen LogP contribution is -2.05. The van der Waals surface area contributed by atoms with E-state index in [0.717, 1.165) is 24.0 Å². The first-order valence-corrected chi connectivity index (χ1v) is 6.49. The molecular weight excluding hydrogens is 265 g/mol. The van der Waals surface area contributed by atoms with E-state index < -0.39 is 5.82 Å². The van der Waals surface area contributed by atoms with Crippen molar-refractivity contribution in [2.75, 3.05) is 5.73 Å². The first-order valence-electron chi connectivity index (χ1n) is 6.11. The molecule has 0 aliphatic carbocycles. The maximum Gasteiger partial charge on any atom is 0.141 e. The van der Waals surface area contributed by atoms with E-state index in [-0.39, 0.29) is 5.02 Å². The molecule has 0 saturated heterocycles. The van der Waals surface area contributed by atoms with Crippen molar-refractivity contribution in [1.29, 1.82) is 0 Å². The fourth-order valence-electron chi connectivity index (χ4n) is 1.84. The number of aryl methyl sites for hydroxylation is 1. The summed E-state index contributed by atoms with van der Waals surface area (Å²) in [4.78, 5) is 8.74. The standard InChI is InChI=1S/C14H15ClFN3/c1-3-4-12-18-13(8(2)14(17)19-12)9-5-6-11(16)10(15)7-9/h5-7H,3-4H2,1-2H3,(H2,17,18,19). The monoisotopic (exact) mass is 279 g/mol. The second-order valence-electron chi connectivity index (χ2n) is 4.38. The van der Waals surface area contributed by atoms with Crippen molar-refractivity contribution in [1.82, 2.24) is 9.97 Å². The van der Waals surface area contributed by atoms with Crippen LogP contribution in [0.2, 0.25) is 5.02 Å². The van der Waals surface area contributed by atoms with Gasteiger partial charge in [0.05, 0.1) is 10.7 Å². The highest BCUT2D eigenvalue weighted by Gasteiger charge is 2.12. The first-order chi connectivity index (χ1) is 9.02. The van der Waals surface area contributed by atoms with Crippen LogP contribution in [0.3, 0.4) is 0 Å². The van der Waals surface area contributed by atoms with Crippen LogP contribution in [0.5, 0.6) is 0 Å². The van der Waals surface area contributed by atoms with Crippen LogP contribution < -0.4 is 5.73 Å². The van der Waals surface area contributed by atoms with Crippen LogP contribution in [-0.2, 0) is 6.42 Å². The van der Waals surface area contributed by atoms with Crippen LogP contribution >= 0.6 is 11.6 Å². The Morgan fingerprint density at radius 1 is 1.32 bits per heavy atom. The molecule has 0 atom stereocenters. The molecule has 0 radical (unpaired) electrons. The van der Waals surface area contributed by atoms with Crippen LogP contribution in [0.25, 0.3) is 11.3 Å². The summed E-state index contributed by atoms with van der Waals surface area (Å²) in [7, 11) is 0. The van der Waals surface area contributed by atoms with Gasteiger partial charge in [0.25, 0.3) is 0 Å². The maximum atomic E-state index is 13.2.